The summed E-state index contributed by atoms with van der Waals surface area (Å²) in [7, 11) is 0. The van der Waals surface area contributed by atoms with Gasteiger partial charge >= 0.3 is 0 Å². The lowest BCUT2D eigenvalue weighted by Gasteiger charge is -2.06. The van der Waals surface area contributed by atoms with Crippen molar-refractivity contribution >= 4 is 0 Å². The fourth-order valence-corrected chi connectivity index (χ4v) is 0.584. The lowest BCUT2D eigenvalue weighted by molar-refractivity contribution is -0.111. The van der Waals surface area contributed by atoms with Crippen LogP contribution in [0.15, 0.2) is 0 Å². The minimum Gasteiger partial charge on any atom is -0.388 e. The van der Waals surface area contributed by atoms with E-state index in [9.17, 15) is 0 Å². The topological polar surface area (TPSA) is 69.9 Å². The smallest absolute Gasteiger partial charge is 0.183 e. The van der Waals surface area contributed by atoms with Crippen molar-refractivity contribution < 1.29 is 20.1 Å². The van der Waals surface area contributed by atoms with Crippen molar-refractivity contribution in [2.75, 3.05) is 6.61 Å². The Morgan fingerprint density at radius 3 is 2.00 bits per heavy atom. The van der Waals surface area contributed by atoms with Gasteiger partial charge in [-0.25, -0.2) is 0 Å². The summed E-state index contributed by atoms with van der Waals surface area (Å²) >= 11 is 0. The Kier molecular flexibility index (Phi) is 1.48. The van der Waals surface area contributed by atoms with Gasteiger partial charge in [0.25, 0.3) is 0 Å². The average molecular weight is 120 g/mol. The lowest BCUT2D eigenvalue weighted by Crippen LogP contribution is -2.29. The molecule has 48 valence electrons. The Morgan fingerprint density at radius 1 is 1.25 bits per heavy atom. The van der Waals surface area contributed by atoms with Gasteiger partial charge in [-0.2, -0.15) is 0 Å². The van der Waals surface area contributed by atoms with Crippen LogP contribution in [0, 0.1) is 0 Å². The predicted octanol–water partition coefficient (Wildman–Crippen LogP) is -1.94. The van der Waals surface area contributed by atoms with Crippen LogP contribution < -0.4 is 0 Å². The fraction of sp³-hybridized carbons (Fsp3) is 1.00. The molecule has 8 heavy (non-hydrogen) atoms. The zero-order valence-electron chi connectivity index (χ0n) is 4.19. The third-order valence-corrected chi connectivity index (χ3v) is 1.12. The molecule has 0 amide bonds. The quantitative estimate of drug-likeness (QED) is 0.348. The number of hydrogen-bond donors (Lipinski definition) is 3. The van der Waals surface area contributed by atoms with Crippen LogP contribution in [-0.2, 0) is 4.74 Å². The number of hydrogen-bond acceptors (Lipinski definition) is 4. The van der Waals surface area contributed by atoms with E-state index in [0.29, 0.717) is 0 Å². The van der Waals surface area contributed by atoms with Crippen molar-refractivity contribution in [1.29, 1.82) is 0 Å². The molecule has 0 aromatic rings. The first-order chi connectivity index (χ1) is 3.72. The number of aliphatic hydroxyl groups excluding tert-OH is 3. The Labute approximate surface area is 46.3 Å². The summed E-state index contributed by atoms with van der Waals surface area (Å²) in [4.78, 5) is 0. The SMILES string of the molecule is OC1CO[C@H](O)C1O. The summed E-state index contributed by atoms with van der Waals surface area (Å²) in [6, 6.07) is 0. The van der Waals surface area contributed by atoms with E-state index in [0.717, 1.165) is 0 Å². The zero-order chi connectivity index (χ0) is 6.15. The second-order valence-corrected chi connectivity index (χ2v) is 1.78. The van der Waals surface area contributed by atoms with E-state index in [1.165, 1.54) is 0 Å². The van der Waals surface area contributed by atoms with Crippen LogP contribution in [0.3, 0.4) is 0 Å². The normalized spacial score (nSPS) is 47.6. The van der Waals surface area contributed by atoms with Gasteiger partial charge in [0.15, 0.2) is 6.29 Å². The molecule has 4 heteroatoms. The summed E-state index contributed by atoms with van der Waals surface area (Å²) in [6.07, 6.45) is -3.26. The maximum atomic E-state index is 8.64. The second kappa shape index (κ2) is 1.99. The highest BCUT2D eigenvalue weighted by molar-refractivity contribution is 4.75. The molecule has 2 unspecified atom stereocenters. The molecule has 0 aliphatic carbocycles. The van der Waals surface area contributed by atoms with Crippen LogP contribution in [-0.4, -0.2) is 40.4 Å². The van der Waals surface area contributed by atoms with Crippen molar-refractivity contribution in [3.05, 3.63) is 0 Å². The summed E-state index contributed by atoms with van der Waals surface area (Å²) in [5.74, 6) is 0. The molecule has 4 nitrogen and oxygen atoms in total. The van der Waals surface area contributed by atoms with E-state index in [4.69, 9.17) is 15.3 Å². The lowest BCUT2D eigenvalue weighted by atomic mass is 10.2. The Bertz CT molecular complexity index is 74.1. The van der Waals surface area contributed by atoms with Crippen molar-refractivity contribution in [2.45, 2.75) is 18.5 Å². The van der Waals surface area contributed by atoms with Crippen molar-refractivity contribution in [2.24, 2.45) is 0 Å². The van der Waals surface area contributed by atoms with Crippen molar-refractivity contribution in [1.82, 2.24) is 0 Å². The molecule has 0 aromatic heterocycles. The number of ether oxygens (including phenoxy) is 1. The monoisotopic (exact) mass is 120 g/mol. The van der Waals surface area contributed by atoms with Gasteiger partial charge in [-0.15, -0.1) is 0 Å². The molecular formula is C4H8O4. The summed E-state index contributed by atoms with van der Waals surface area (Å²) < 4.78 is 4.43. The van der Waals surface area contributed by atoms with Crippen LogP contribution in [0.1, 0.15) is 0 Å². The van der Waals surface area contributed by atoms with E-state index >= 15 is 0 Å². The minimum absolute atomic E-state index is 0.0162. The van der Waals surface area contributed by atoms with E-state index < -0.39 is 18.5 Å². The molecule has 0 aromatic carbocycles. The predicted molar refractivity (Wildman–Crippen MR) is 24.0 cm³/mol. The highest BCUT2D eigenvalue weighted by atomic mass is 16.6. The third kappa shape index (κ3) is 0.830. The van der Waals surface area contributed by atoms with Gasteiger partial charge in [-0.1, -0.05) is 0 Å². The maximum Gasteiger partial charge on any atom is 0.183 e. The van der Waals surface area contributed by atoms with Gasteiger partial charge < -0.3 is 20.1 Å². The Balaban J connectivity index is 2.44. The van der Waals surface area contributed by atoms with Crippen LogP contribution >= 0.6 is 0 Å². The molecule has 1 aliphatic heterocycles. The zero-order valence-corrected chi connectivity index (χ0v) is 4.19. The highest BCUT2D eigenvalue weighted by Crippen LogP contribution is 2.10. The molecule has 1 heterocycles. The van der Waals surface area contributed by atoms with E-state index in [1.807, 2.05) is 0 Å². The van der Waals surface area contributed by atoms with Gasteiger partial charge in [-0.05, 0) is 0 Å². The molecule has 0 radical (unpaired) electrons. The van der Waals surface area contributed by atoms with Crippen LogP contribution in [0.2, 0.25) is 0 Å². The van der Waals surface area contributed by atoms with Gasteiger partial charge in [0.05, 0.1) is 6.61 Å². The van der Waals surface area contributed by atoms with Crippen molar-refractivity contribution in [3.8, 4) is 0 Å². The maximum absolute atomic E-state index is 8.64. The summed E-state index contributed by atoms with van der Waals surface area (Å²) in [6.45, 7) is 0.0162. The fourth-order valence-electron chi connectivity index (χ4n) is 0.584. The van der Waals surface area contributed by atoms with Gasteiger partial charge in [0.2, 0.25) is 0 Å². The van der Waals surface area contributed by atoms with Crippen LogP contribution in [0.5, 0.6) is 0 Å². The van der Waals surface area contributed by atoms with E-state index in [2.05, 4.69) is 4.74 Å². The first-order valence-electron chi connectivity index (χ1n) is 2.37. The second-order valence-electron chi connectivity index (χ2n) is 1.78. The molecule has 1 aliphatic rings. The van der Waals surface area contributed by atoms with Crippen LogP contribution in [0.4, 0.5) is 0 Å². The molecule has 3 N–H and O–H groups in total. The molecule has 0 spiro atoms. The Morgan fingerprint density at radius 2 is 1.88 bits per heavy atom. The molecule has 0 saturated carbocycles. The third-order valence-electron chi connectivity index (χ3n) is 1.12. The summed E-state index contributed by atoms with van der Waals surface area (Å²) in [5.41, 5.74) is 0. The molecule has 1 saturated heterocycles. The van der Waals surface area contributed by atoms with E-state index in [1.54, 1.807) is 0 Å². The summed E-state index contributed by atoms with van der Waals surface area (Å²) in [5, 5.41) is 25.8. The Hall–Kier alpha value is -0.160. The molecule has 0 bridgehead atoms. The van der Waals surface area contributed by atoms with Crippen molar-refractivity contribution in [3.63, 3.8) is 0 Å². The van der Waals surface area contributed by atoms with Gasteiger partial charge in [0, 0.05) is 0 Å². The molecular weight excluding hydrogens is 112 g/mol. The molecule has 3 atom stereocenters. The number of aliphatic hydroxyl groups is 3. The van der Waals surface area contributed by atoms with Crippen LogP contribution in [0.25, 0.3) is 0 Å². The average Bonchev–Trinajstić information content (AvgIpc) is 1.98. The largest absolute Gasteiger partial charge is 0.388 e. The molecule has 1 rings (SSSR count). The van der Waals surface area contributed by atoms with Gasteiger partial charge in [0.1, 0.15) is 12.2 Å². The van der Waals surface area contributed by atoms with E-state index in [-0.39, 0.29) is 6.61 Å². The minimum atomic E-state index is -1.20. The first-order valence-corrected chi connectivity index (χ1v) is 2.37. The van der Waals surface area contributed by atoms with Gasteiger partial charge in [-0.3, -0.25) is 0 Å². The highest BCUT2D eigenvalue weighted by Gasteiger charge is 2.32. The first kappa shape index (κ1) is 5.97. The molecule has 1 fully saturated rings. The number of rotatable bonds is 0. The standard InChI is InChI=1S/C4H8O4/c5-2-1-8-4(7)3(2)6/h2-7H,1H2/t2?,3?,4-/m0/s1.